The monoisotopic (exact) mass is 182 g/mol. The Morgan fingerprint density at radius 3 is 2.64 bits per heavy atom. The van der Waals surface area contributed by atoms with Gasteiger partial charge in [0, 0.05) is 19.1 Å². The second kappa shape index (κ2) is 4.91. The lowest BCUT2D eigenvalue weighted by atomic mass is 10.1. The molecule has 1 fully saturated rings. The minimum Gasteiger partial charge on any atom is -0.326 e. The van der Waals surface area contributed by atoms with Gasteiger partial charge in [-0.15, -0.1) is 12.4 Å². The molecule has 1 aliphatic heterocycles. The second-order valence-corrected chi connectivity index (χ2v) is 2.95. The van der Waals surface area contributed by atoms with Crippen LogP contribution in [0.4, 0.5) is 4.39 Å². The number of nitrogens with zero attached hydrogens (tertiary/aromatic N) is 1. The largest absolute Gasteiger partial charge is 0.326 e. The Hall–Kier alpha value is 0.140. The predicted molar refractivity (Wildman–Crippen MR) is 46.9 cm³/mol. The first kappa shape index (κ1) is 11.1. The fourth-order valence-electron chi connectivity index (χ4n) is 1.42. The molecular formula is C7H16ClFN2. The van der Waals surface area contributed by atoms with E-state index in [0.29, 0.717) is 13.0 Å². The quantitative estimate of drug-likeness (QED) is 0.650. The van der Waals surface area contributed by atoms with Crippen LogP contribution in [0.2, 0.25) is 0 Å². The van der Waals surface area contributed by atoms with Crippen molar-refractivity contribution in [2.75, 3.05) is 19.6 Å². The van der Waals surface area contributed by atoms with Crippen LogP contribution < -0.4 is 5.73 Å². The van der Waals surface area contributed by atoms with Crippen molar-refractivity contribution in [2.24, 2.45) is 5.73 Å². The van der Waals surface area contributed by atoms with Crippen LogP contribution in [0, 0.1) is 0 Å². The molecule has 2 unspecified atom stereocenters. The highest BCUT2D eigenvalue weighted by atomic mass is 35.5. The van der Waals surface area contributed by atoms with Crippen molar-refractivity contribution in [1.82, 2.24) is 4.90 Å². The molecule has 0 saturated carbocycles. The lowest BCUT2D eigenvalue weighted by molar-refractivity contribution is 0.129. The first-order valence-electron chi connectivity index (χ1n) is 3.84. The molecule has 1 rings (SSSR count). The van der Waals surface area contributed by atoms with Gasteiger partial charge in [0.2, 0.25) is 0 Å². The van der Waals surface area contributed by atoms with Gasteiger partial charge in [-0.3, -0.25) is 4.90 Å². The minimum atomic E-state index is -0.705. The summed E-state index contributed by atoms with van der Waals surface area (Å²) in [4.78, 5) is 2.05. The van der Waals surface area contributed by atoms with Crippen molar-refractivity contribution in [2.45, 2.75) is 25.6 Å². The highest BCUT2D eigenvalue weighted by Gasteiger charge is 2.22. The van der Waals surface area contributed by atoms with Gasteiger partial charge in [-0.25, -0.2) is 4.39 Å². The number of piperidine rings is 1. The Balaban J connectivity index is 0.000001000. The van der Waals surface area contributed by atoms with Crippen LogP contribution >= 0.6 is 12.4 Å². The van der Waals surface area contributed by atoms with E-state index in [2.05, 4.69) is 4.90 Å². The molecule has 1 saturated heterocycles. The van der Waals surface area contributed by atoms with Crippen molar-refractivity contribution in [3.63, 3.8) is 0 Å². The maximum atomic E-state index is 12.7. The molecule has 68 valence electrons. The van der Waals surface area contributed by atoms with Crippen molar-refractivity contribution >= 4 is 12.4 Å². The van der Waals surface area contributed by atoms with Gasteiger partial charge < -0.3 is 5.73 Å². The third-order valence-electron chi connectivity index (χ3n) is 1.95. The molecule has 0 aliphatic carbocycles. The fraction of sp³-hybridized carbons (Fsp3) is 1.00. The molecule has 0 amide bonds. The Kier molecular flexibility index (Phi) is 4.97. The Labute approximate surface area is 73.3 Å². The number of hydrogen-bond donors (Lipinski definition) is 1. The summed E-state index contributed by atoms with van der Waals surface area (Å²) in [6.07, 6.45) is -0.167. The van der Waals surface area contributed by atoms with Gasteiger partial charge >= 0.3 is 0 Å². The number of halogens is 2. The molecule has 11 heavy (non-hydrogen) atoms. The smallest absolute Gasteiger partial charge is 0.114 e. The van der Waals surface area contributed by atoms with Crippen LogP contribution in [0.25, 0.3) is 0 Å². The highest BCUT2D eigenvalue weighted by molar-refractivity contribution is 5.85. The normalized spacial score (nSPS) is 33.0. The van der Waals surface area contributed by atoms with E-state index in [9.17, 15) is 4.39 Å². The summed E-state index contributed by atoms with van der Waals surface area (Å²) in [5.41, 5.74) is 5.61. The molecule has 2 nitrogen and oxygen atoms in total. The van der Waals surface area contributed by atoms with Crippen LogP contribution in [-0.4, -0.2) is 36.7 Å². The summed E-state index contributed by atoms with van der Waals surface area (Å²) in [6, 6.07) is 0.0451. The van der Waals surface area contributed by atoms with Crippen molar-refractivity contribution in [1.29, 1.82) is 0 Å². The van der Waals surface area contributed by atoms with Crippen LogP contribution in [0.1, 0.15) is 13.3 Å². The standard InChI is InChI=1S/C7H15FN2.ClH/c1-2-10-4-6(8)3-7(9)5-10;/h6-7H,2-5,9H2,1H3;1H. The summed E-state index contributed by atoms with van der Waals surface area (Å²) in [7, 11) is 0. The van der Waals surface area contributed by atoms with E-state index in [0.717, 1.165) is 13.1 Å². The van der Waals surface area contributed by atoms with Crippen molar-refractivity contribution in [3.05, 3.63) is 0 Å². The van der Waals surface area contributed by atoms with Gasteiger partial charge in [-0.2, -0.15) is 0 Å². The molecule has 4 heteroatoms. The minimum absolute atomic E-state index is 0. The maximum absolute atomic E-state index is 12.7. The number of alkyl halides is 1. The van der Waals surface area contributed by atoms with Crippen LogP contribution in [0.5, 0.6) is 0 Å². The molecule has 2 atom stereocenters. The van der Waals surface area contributed by atoms with E-state index >= 15 is 0 Å². The fourth-order valence-corrected chi connectivity index (χ4v) is 1.42. The van der Waals surface area contributed by atoms with E-state index in [1.165, 1.54) is 0 Å². The topological polar surface area (TPSA) is 29.3 Å². The SMILES string of the molecule is CCN1CC(N)CC(F)C1.Cl. The van der Waals surface area contributed by atoms with Gasteiger partial charge in [0.05, 0.1) is 0 Å². The molecule has 0 aromatic carbocycles. The van der Waals surface area contributed by atoms with Crippen LogP contribution in [0.15, 0.2) is 0 Å². The van der Waals surface area contributed by atoms with Gasteiger partial charge in [0.1, 0.15) is 6.17 Å². The van der Waals surface area contributed by atoms with E-state index < -0.39 is 6.17 Å². The average molecular weight is 183 g/mol. The average Bonchev–Trinajstić information content (AvgIpc) is 1.85. The molecule has 1 heterocycles. The summed E-state index contributed by atoms with van der Waals surface area (Å²) < 4.78 is 12.7. The van der Waals surface area contributed by atoms with Crippen molar-refractivity contribution < 1.29 is 4.39 Å². The first-order valence-corrected chi connectivity index (χ1v) is 3.84. The number of rotatable bonds is 1. The van der Waals surface area contributed by atoms with E-state index in [4.69, 9.17) is 5.73 Å². The highest BCUT2D eigenvalue weighted by Crippen LogP contribution is 2.11. The number of likely N-dealkylation sites (N-methyl/N-ethyl adjacent to an activating group) is 1. The molecule has 0 bridgehead atoms. The lowest BCUT2D eigenvalue weighted by Crippen LogP contribution is -2.47. The number of hydrogen-bond acceptors (Lipinski definition) is 2. The molecule has 0 radical (unpaired) electrons. The molecular weight excluding hydrogens is 167 g/mol. The zero-order valence-electron chi connectivity index (χ0n) is 6.79. The zero-order valence-corrected chi connectivity index (χ0v) is 7.61. The summed E-state index contributed by atoms with van der Waals surface area (Å²) in [5.74, 6) is 0. The second-order valence-electron chi connectivity index (χ2n) is 2.95. The molecule has 0 aromatic rings. The molecule has 2 N–H and O–H groups in total. The maximum Gasteiger partial charge on any atom is 0.114 e. The molecule has 0 spiro atoms. The number of nitrogens with two attached hydrogens (primary N) is 1. The Morgan fingerprint density at radius 1 is 1.55 bits per heavy atom. The molecule has 1 aliphatic rings. The predicted octanol–water partition coefficient (Wildman–Crippen LogP) is 0.799. The molecule has 0 aromatic heterocycles. The lowest BCUT2D eigenvalue weighted by Gasteiger charge is -2.31. The van der Waals surface area contributed by atoms with Gasteiger partial charge in [0.25, 0.3) is 0 Å². The van der Waals surface area contributed by atoms with E-state index in [1.807, 2.05) is 6.92 Å². The van der Waals surface area contributed by atoms with E-state index in [1.54, 1.807) is 0 Å². The third-order valence-corrected chi connectivity index (χ3v) is 1.95. The summed E-state index contributed by atoms with van der Waals surface area (Å²) >= 11 is 0. The van der Waals surface area contributed by atoms with Gasteiger partial charge in [-0.05, 0) is 13.0 Å². The zero-order chi connectivity index (χ0) is 7.56. The third kappa shape index (κ3) is 3.36. The summed E-state index contributed by atoms with van der Waals surface area (Å²) in [5, 5.41) is 0. The Bertz CT molecular complexity index is 103. The number of likely N-dealkylation sites (tertiary alicyclic amines) is 1. The Morgan fingerprint density at radius 2 is 2.18 bits per heavy atom. The van der Waals surface area contributed by atoms with Gasteiger partial charge in [-0.1, -0.05) is 6.92 Å². The van der Waals surface area contributed by atoms with E-state index in [-0.39, 0.29) is 18.4 Å². The van der Waals surface area contributed by atoms with Gasteiger partial charge in [0.15, 0.2) is 0 Å². The van der Waals surface area contributed by atoms with Crippen LogP contribution in [0.3, 0.4) is 0 Å². The van der Waals surface area contributed by atoms with Crippen LogP contribution in [-0.2, 0) is 0 Å². The van der Waals surface area contributed by atoms with Crippen molar-refractivity contribution in [3.8, 4) is 0 Å². The summed E-state index contributed by atoms with van der Waals surface area (Å²) in [6.45, 7) is 4.38. The first-order chi connectivity index (χ1) is 4.72.